The Labute approximate surface area is 110 Å². The zero-order chi connectivity index (χ0) is 13.0. The fourth-order valence-electron chi connectivity index (χ4n) is 1.67. The number of aromatic amines is 1. The van der Waals surface area contributed by atoms with Crippen molar-refractivity contribution >= 4 is 34.7 Å². The van der Waals surface area contributed by atoms with E-state index in [4.69, 9.17) is 16.3 Å². The summed E-state index contributed by atoms with van der Waals surface area (Å²) < 4.78 is 4.84. The van der Waals surface area contributed by atoms with Crippen LogP contribution in [0.1, 0.15) is 18.9 Å². The zero-order valence-corrected chi connectivity index (χ0v) is 10.7. The zero-order valence-electron chi connectivity index (χ0n) is 9.94. The highest BCUT2D eigenvalue weighted by atomic mass is 35.5. The molecular formula is C13H13ClN2O2. The average molecular weight is 265 g/mol. The Bertz CT molecular complexity index is 590. The molecule has 4 nitrogen and oxygen atoms in total. The summed E-state index contributed by atoms with van der Waals surface area (Å²) >= 11 is 6.11. The SMILES string of the molecule is CCOC(=O)CC=Cc1c[nH]c2nccc(Cl)c12. The van der Waals surface area contributed by atoms with Crippen LogP contribution in [0.15, 0.2) is 24.5 Å². The summed E-state index contributed by atoms with van der Waals surface area (Å²) in [7, 11) is 0. The van der Waals surface area contributed by atoms with Gasteiger partial charge in [0, 0.05) is 23.3 Å². The number of fused-ring (bicyclic) bond motifs is 1. The number of esters is 1. The predicted octanol–water partition coefficient (Wildman–Crippen LogP) is 3.18. The Balaban J connectivity index is 2.17. The molecule has 5 heteroatoms. The summed E-state index contributed by atoms with van der Waals surface area (Å²) in [6.45, 7) is 2.18. The van der Waals surface area contributed by atoms with E-state index in [-0.39, 0.29) is 12.4 Å². The number of ether oxygens (including phenoxy) is 1. The number of carbonyl (C=O) groups excluding carboxylic acids is 1. The molecule has 0 bridgehead atoms. The molecule has 0 aliphatic carbocycles. The highest BCUT2D eigenvalue weighted by molar-refractivity contribution is 6.35. The molecule has 0 radical (unpaired) electrons. The summed E-state index contributed by atoms with van der Waals surface area (Å²) in [4.78, 5) is 18.4. The van der Waals surface area contributed by atoms with Crippen LogP contribution in [0.25, 0.3) is 17.1 Å². The number of hydrogen-bond donors (Lipinski definition) is 1. The van der Waals surface area contributed by atoms with Crippen molar-refractivity contribution in [2.75, 3.05) is 6.61 Å². The fraction of sp³-hybridized carbons (Fsp3) is 0.231. The summed E-state index contributed by atoms with van der Waals surface area (Å²) in [5.74, 6) is -0.238. The lowest BCUT2D eigenvalue weighted by Crippen LogP contribution is -2.01. The first-order chi connectivity index (χ1) is 8.72. The summed E-state index contributed by atoms with van der Waals surface area (Å²) in [5.41, 5.74) is 1.64. The van der Waals surface area contributed by atoms with E-state index >= 15 is 0 Å². The molecule has 0 saturated heterocycles. The third kappa shape index (κ3) is 2.71. The number of rotatable bonds is 4. The number of hydrogen-bond acceptors (Lipinski definition) is 3. The first kappa shape index (κ1) is 12.6. The number of carbonyl (C=O) groups is 1. The third-order valence-corrected chi connectivity index (χ3v) is 2.76. The standard InChI is InChI=1S/C13H13ClN2O2/c1-2-18-11(17)5-3-4-9-8-16-13-12(9)10(14)6-7-15-13/h3-4,6-8H,2,5H2,1H3,(H,15,16). The maximum Gasteiger partial charge on any atom is 0.309 e. The molecule has 0 fully saturated rings. The normalized spacial score (nSPS) is 11.2. The van der Waals surface area contributed by atoms with Crippen molar-refractivity contribution in [3.63, 3.8) is 0 Å². The third-order valence-electron chi connectivity index (χ3n) is 2.44. The van der Waals surface area contributed by atoms with Crippen molar-refractivity contribution < 1.29 is 9.53 Å². The fourth-order valence-corrected chi connectivity index (χ4v) is 1.93. The van der Waals surface area contributed by atoms with E-state index in [0.29, 0.717) is 11.6 Å². The molecule has 0 aliphatic heterocycles. The number of pyridine rings is 1. The number of halogens is 1. The minimum Gasteiger partial charge on any atom is -0.466 e. The number of aromatic nitrogens is 2. The molecule has 94 valence electrons. The van der Waals surface area contributed by atoms with Gasteiger partial charge in [-0.2, -0.15) is 0 Å². The number of nitrogens with one attached hydrogen (secondary N) is 1. The molecule has 0 aromatic carbocycles. The van der Waals surface area contributed by atoms with Gasteiger partial charge in [0.1, 0.15) is 5.65 Å². The van der Waals surface area contributed by atoms with Crippen LogP contribution in [-0.2, 0) is 9.53 Å². The Hall–Kier alpha value is -1.81. The maximum atomic E-state index is 11.2. The topological polar surface area (TPSA) is 55.0 Å². The summed E-state index contributed by atoms with van der Waals surface area (Å²) in [6, 6.07) is 1.74. The largest absolute Gasteiger partial charge is 0.466 e. The van der Waals surface area contributed by atoms with E-state index in [9.17, 15) is 4.79 Å². The molecular weight excluding hydrogens is 252 g/mol. The van der Waals surface area contributed by atoms with E-state index in [1.54, 1.807) is 25.3 Å². The summed E-state index contributed by atoms with van der Waals surface area (Å²) in [6.07, 6.45) is 7.30. The molecule has 0 unspecified atom stereocenters. The van der Waals surface area contributed by atoms with Crippen molar-refractivity contribution in [1.29, 1.82) is 0 Å². The van der Waals surface area contributed by atoms with E-state index in [1.807, 2.05) is 12.3 Å². The van der Waals surface area contributed by atoms with E-state index in [1.165, 1.54) is 0 Å². The highest BCUT2D eigenvalue weighted by Crippen LogP contribution is 2.25. The van der Waals surface area contributed by atoms with Crippen LogP contribution in [0.4, 0.5) is 0 Å². The van der Waals surface area contributed by atoms with Crippen LogP contribution in [0, 0.1) is 0 Å². The minimum absolute atomic E-state index is 0.238. The Morgan fingerprint density at radius 1 is 1.61 bits per heavy atom. The number of H-pyrrole nitrogens is 1. The lowest BCUT2D eigenvalue weighted by atomic mass is 10.2. The van der Waals surface area contributed by atoms with Gasteiger partial charge in [-0.1, -0.05) is 23.8 Å². The van der Waals surface area contributed by atoms with Crippen LogP contribution in [0.3, 0.4) is 0 Å². The van der Waals surface area contributed by atoms with Gasteiger partial charge in [-0.15, -0.1) is 0 Å². The van der Waals surface area contributed by atoms with E-state index < -0.39 is 0 Å². The second-order valence-electron chi connectivity index (χ2n) is 3.67. The number of nitrogens with zero attached hydrogens (tertiary/aromatic N) is 1. The maximum absolute atomic E-state index is 11.2. The van der Waals surface area contributed by atoms with Gasteiger partial charge in [-0.25, -0.2) is 4.98 Å². The van der Waals surface area contributed by atoms with Crippen molar-refractivity contribution in [3.8, 4) is 0 Å². The lowest BCUT2D eigenvalue weighted by molar-refractivity contribution is -0.142. The van der Waals surface area contributed by atoms with Gasteiger partial charge in [0.25, 0.3) is 0 Å². The molecule has 0 aliphatic rings. The predicted molar refractivity (Wildman–Crippen MR) is 71.4 cm³/mol. The molecule has 0 amide bonds. The molecule has 0 saturated carbocycles. The first-order valence-corrected chi connectivity index (χ1v) is 6.04. The molecule has 2 rings (SSSR count). The van der Waals surface area contributed by atoms with Gasteiger partial charge in [-0.05, 0) is 13.0 Å². The molecule has 2 aromatic heterocycles. The smallest absolute Gasteiger partial charge is 0.309 e. The van der Waals surface area contributed by atoms with Crippen LogP contribution < -0.4 is 0 Å². The molecule has 18 heavy (non-hydrogen) atoms. The van der Waals surface area contributed by atoms with Gasteiger partial charge in [-0.3, -0.25) is 4.79 Å². The van der Waals surface area contributed by atoms with Crippen LogP contribution >= 0.6 is 11.6 Å². The van der Waals surface area contributed by atoms with Crippen LogP contribution in [-0.4, -0.2) is 22.5 Å². The molecule has 0 spiro atoms. The molecule has 2 heterocycles. The Morgan fingerprint density at radius 3 is 3.22 bits per heavy atom. The lowest BCUT2D eigenvalue weighted by Gasteiger charge is -1.97. The first-order valence-electron chi connectivity index (χ1n) is 5.66. The second-order valence-corrected chi connectivity index (χ2v) is 4.08. The average Bonchev–Trinajstić information content (AvgIpc) is 2.74. The molecule has 0 atom stereocenters. The highest BCUT2D eigenvalue weighted by Gasteiger charge is 2.06. The van der Waals surface area contributed by atoms with Gasteiger partial charge < -0.3 is 9.72 Å². The Kier molecular flexibility index (Phi) is 3.99. The van der Waals surface area contributed by atoms with Crippen LogP contribution in [0.2, 0.25) is 5.02 Å². The summed E-state index contributed by atoms with van der Waals surface area (Å²) in [5, 5.41) is 1.50. The Morgan fingerprint density at radius 2 is 2.44 bits per heavy atom. The van der Waals surface area contributed by atoms with Crippen LogP contribution in [0.5, 0.6) is 0 Å². The van der Waals surface area contributed by atoms with Gasteiger partial charge in [0.05, 0.1) is 18.1 Å². The molecule has 1 N–H and O–H groups in total. The van der Waals surface area contributed by atoms with Gasteiger partial charge >= 0.3 is 5.97 Å². The molecule has 2 aromatic rings. The van der Waals surface area contributed by atoms with Crippen molar-refractivity contribution in [1.82, 2.24) is 9.97 Å². The van der Waals surface area contributed by atoms with Crippen molar-refractivity contribution in [2.45, 2.75) is 13.3 Å². The van der Waals surface area contributed by atoms with Gasteiger partial charge in [0.2, 0.25) is 0 Å². The van der Waals surface area contributed by atoms with Crippen molar-refractivity contribution in [2.24, 2.45) is 0 Å². The van der Waals surface area contributed by atoms with Crippen molar-refractivity contribution in [3.05, 3.63) is 35.1 Å². The quantitative estimate of drug-likeness (QED) is 0.863. The van der Waals surface area contributed by atoms with Gasteiger partial charge in [0.15, 0.2) is 0 Å². The monoisotopic (exact) mass is 264 g/mol. The minimum atomic E-state index is -0.238. The van der Waals surface area contributed by atoms with E-state index in [0.717, 1.165) is 16.6 Å². The van der Waals surface area contributed by atoms with E-state index in [2.05, 4.69) is 9.97 Å². The second kappa shape index (κ2) is 5.69.